The largest absolute Gasteiger partial charge is 0.382 e. The predicted octanol–water partition coefficient (Wildman–Crippen LogP) is 3.83. The summed E-state index contributed by atoms with van der Waals surface area (Å²) in [6.07, 6.45) is 1.03. The normalized spacial score (nSPS) is 12.6. The lowest BCUT2D eigenvalue weighted by molar-refractivity contribution is 0.705. The van der Waals surface area contributed by atoms with Crippen molar-refractivity contribution >= 4 is 17.4 Å². The molecule has 90 valence electrons. The van der Waals surface area contributed by atoms with Crippen molar-refractivity contribution < 1.29 is 0 Å². The van der Waals surface area contributed by atoms with E-state index < -0.39 is 0 Å². The van der Waals surface area contributed by atoms with Gasteiger partial charge >= 0.3 is 0 Å². The molecule has 0 saturated heterocycles. The first-order valence-corrected chi connectivity index (χ1v) is 6.11. The highest BCUT2D eigenvalue weighted by atomic mass is 35.5. The Morgan fingerprint density at radius 2 is 2.12 bits per heavy atom. The van der Waals surface area contributed by atoms with E-state index in [0.29, 0.717) is 16.8 Å². The van der Waals surface area contributed by atoms with Gasteiger partial charge in [-0.1, -0.05) is 43.6 Å². The maximum absolute atomic E-state index is 6.21. The van der Waals surface area contributed by atoms with Crippen LogP contribution in [0.25, 0.3) is 11.1 Å². The minimum absolute atomic E-state index is 0.381. The molecule has 1 atom stereocenters. The lowest BCUT2D eigenvalue weighted by Crippen LogP contribution is -1.96. The number of halogens is 1. The Morgan fingerprint density at radius 3 is 2.76 bits per heavy atom. The quantitative estimate of drug-likeness (QED) is 0.869. The molecule has 2 rings (SSSR count). The molecule has 17 heavy (non-hydrogen) atoms. The molecule has 1 aromatic carbocycles. The van der Waals surface area contributed by atoms with Gasteiger partial charge in [0.1, 0.15) is 0 Å². The lowest BCUT2D eigenvalue weighted by Gasteiger charge is -2.10. The van der Waals surface area contributed by atoms with Gasteiger partial charge in [-0.3, -0.25) is 5.10 Å². The summed E-state index contributed by atoms with van der Waals surface area (Å²) in [7, 11) is 0. The minimum Gasteiger partial charge on any atom is -0.382 e. The Labute approximate surface area is 106 Å². The van der Waals surface area contributed by atoms with E-state index in [1.807, 2.05) is 24.3 Å². The molecule has 0 amide bonds. The van der Waals surface area contributed by atoms with Gasteiger partial charge in [0, 0.05) is 21.8 Å². The Kier molecular flexibility index (Phi) is 3.38. The highest BCUT2D eigenvalue weighted by Gasteiger charge is 2.18. The summed E-state index contributed by atoms with van der Waals surface area (Å²) in [4.78, 5) is 0. The summed E-state index contributed by atoms with van der Waals surface area (Å²) in [6, 6.07) is 7.69. The van der Waals surface area contributed by atoms with Crippen molar-refractivity contribution in [3.63, 3.8) is 0 Å². The van der Waals surface area contributed by atoms with Crippen LogP contribution >= 0.6 is 11.6 Å². The SMILES string of the molecule is CCC(C)c1[nH]nc(N)c1-c1ccccc1Cl. The lowest BCUT2D eigenvalue weighted by atomic mass is 9.96. The first kappa shape index (κ1) is 12.0. The third-order valence-corrected chi connectivity index (χ3v) is 3.40. The second-order valence-electron chi connectivity index (χ2n) is 4.19. The molecule has 1 heterocycles. The smallest absolute Gasteiger partial charge is 0.153 e. The number of benzene rings is 1. The van der Waals surface area contributed by atoms with E-state index in [2.05, 4.69) is 24.0 Å². The monoisotopic (exact) mass is 249 g/mol. The first-order valence-electron chi connectivity index (χ1n) is 5.73. The molecule has 0 aliphatic carbocycles. The van der Waals surface area contributed by atoms with Crippen molar-refractivity contribution in [1.29, 1.82) is 0 Å². The second kappa shape index (κ2) is 4.80. The van der Waals surface area contributed by atoms with Crippen LogP contribution < -0.4 is 5.73 Å². The summed E-state index contributed by atoms with van der Waals surface area (Å²) in [5.41, 5.74) is 8.86. The number of nitrogens with zero attached hydrogens (tertiary/aromatic N) is 1. The number of hydrogen-bond acceptors (Lipinski definition) is 2. The third-order valence-electron chi connectivity index (χ3n) is 3.07. The van der Waals surface area contributed by atoms with Crippen molar-refractivity contribution in [3.8, 4) is 11.1 Å². The van der Waals surface area contributed by atoms with Gasteiger partial charge in [0.05, 0.1) is 0 Å². The molecule has 0 aliphatic rings. The molecular formula is C13H16ClN3. The van der Waals surface area contributed by atoms with Crippen LogP contribution in [0.15, 0.2) is 24.3 Å². The zero-order chi connectivity index (χ0) is 12.4. The third kappa shape index (κ3) is 2.15. The van der Waals surface area contributed by atoms with Gasteiger partial charge in [0.2, 0.25) is 0 Å². The second-order valence-corrected chi connectivity index (χ2v) is 4.59. The molecular weight excluding hydrogens is 234 g/mol. The van der Waals surface area contributed by atoms with E-state index in [1.54, 1.807) is 0 Å². The number of H-pyrrole nitrogens is 1. The van der Waals surface area contributed by atoms with E-state index in [4.69, 9.17) is 17.3 Å². The Hall–Kier alpha value is -1.48. The minimum atomic E-state index is 0.381. The van der Waals surface area contributed by atoms with Crippen molar-refractivity contribution in [2.24, 2.45) is 0 Å². The number of rotatable bonds is 3. The van der Waals surface area contributed by atoms with Crippen LogP contribution in [-0.4, -0.2) is 10.2 Å². The Balaban J connectivity index is 2.59. The average molecular weight is 250 g/mol. The zero-order valence-electron chi connectivity index (χ0n) is 10.00. The summed E-state index contributed by atoms with van der Waals surface area (Å²) in [5, 5.41) is 7.81. The van der Waals surface area contributed by atoms with E-state index in [-0.39, 0.29) is 0 Å². The van der Waals surface area contributed by atoms with Gasteiger partial charge in [0.15, 0.2) is 5.82 Å². The molecule has 1 unspecified atom stereocenters. The fraction of sp³-hybridized carbons (Fsp3) is 0.308. The van der Waals surface area contributed by atoms with Crippen LogP contribution in [0.1, 0.15) is 31.9 Å². The Bertz CT molecular complexity index is 519. The van der Waals surface area contributed by atoms with Crippen LogP contribution in [0.3, 0.4) is 0 Å². The highest BCUT2D eigenvalue weighted by Crippen LogP contribution is 2.37. The zero-order valence-corrected chi connectivity index (χ0v) is 10.8. The fourth-order valence-electron chi connectivity index (χ4n) is 1.88. The number of nitrogen functional groups attached to an aromatic ring is 1. The van der Waals surface area contributed by atoms with Gasteiger partial charge in [-0.25, -0.2) is 0 Å². The van der Waals surface area contributed by atoms with Crippen LogP contribution in [0.4, 0.5) is 5.82 Å². The molecule has 0 fully saturated rings. The molecule has 0 radical (unpaired) electrons. The number of nitrogens with one attached hydrogen (secondary N) is 1. The number of anilines is 1. The van der Waals surface area contributed by atoms with Gasteiger partial charge in [-0.05, 0) is 18.4 Å². The summed E-state index contributed by atoms with van der Waals surface area (Å²) < 4.78 is 0. The number of hydrogen-bond donors (Lipinski definition) is 2. The van der Waals surface area contributed by atoms with Gasteiger partial charge in [-0.15, -0.1) is 0 Å². The summed E-state index contributed by atoms with van der Waals surface area (Å²) in [6.45, 7) is 4.28. The fourth-order valence-corrected chi connectivity index (χ4v) is 2.11. The van der Waals surface area contributed by atoms with Crippen LogP contribution in [0, 0.1) is 0 Å². The van der Waals surface area contributed by atoms with Crippen LogP contribution in [0.5, 0.6) is 0 Å². The predicted molar refractivity (Wildman–Crippen MR) is 72.2 cm³/mol. The van der Waals surface area contributed by atoms with Gasteiger partial charge < -0.3 is 5.73 Å². The van der Waals surface area contributed by atoms with Crippen molar-refractivity contribution in [1.82, 2.24) is 10.2 Å². The van der Waals surface area contributed by atoms with E-state index in [9.17, 15) is 0 Å². The summed E-state index contributed by atoms with van der Waals surface area (Å²) >= 11 is 6.21. The standard InChI is InChI=1S/C13H16ClN3/c1-3-8(2)12-11(13(15)17-16-12)9-6-4-5-7-10(9)14/h4-8H,3H2,1-2H3,(H3,15,16,17). The van der Waals surface area contributed by atoms with Crippen molar-refractivity contribution in [2.45, 2.75) is 26.2 Å². The molecule has 1 aromatic heterocycles. The number of nitrogens with two attached hydrogens (primary N) is 1. The number of aromatic amines is 1. The molecule has 0 bridgehead atoms. The topological polar surface area (TPSA) is 54.7 Å². The molecule has 3 N–H and O–H groups in total. The Morgan fingerprint density at radius 1 is 1.41 bits per heavy atom. The van der Waals surface area contributed by atoms with Crippen LogP contribution in [-0.2, 0) is 0 Å². The molecule has 0 spiro atoms. The van der Waals surface area contributed by atoms with E-state index in [0.717, 1.165) is 23.2 Å². The van der Waals surface area contributed by atoms with Crippen molar-refractivity contribution in [2.75, 3.05) is 5.73 Å². The maximum Gasteiger partial charge on any atom is 0.153 e. The van der Waals surface area contributed by atoms with Crippen LogP contribution in [0.2, 0.25) is 5.02 Å². The molecule has 0 saturated carbocycles. The molecule has 0 aliphatic heterocycles. The number of aromatic nitrogens is 2. The molecule has 4 heteroatoms. The van der Waals surface area contributed by atoms with E-state index >= 15 is 0 Å². The highest BCUT2D eigenvalue weighted by molar-refractivity contribution is 6.33. The maximum atomic E-state index is 6.21. The van der Waals surface area contributed by atoms with Gasteiger partial charge in [-0.2, -0.15) is 5.10 Å². The molecule has 3 nitrogen and oxygen atoms in total. The summed E-state index contributed by atoms with van der Waals surface area (Å²) in [5.74, 6) is 0.888. The molecule has 2 aromatic rings. The van der Waals surface area contributed by atoms with Crippen molar-refractivity contribution in [3.05, 3.63) is 35.0 Å². The van der Waals surface area contributed by atoms with E-state index in [1.165, 1.54) is 0 Å². The average Bonchev–Trinajstić information content (AvgIpc) is 2.71. The van der Waals surface area contributed by atoms with Gasteiger partial charge in [0.25, 0.3) is 0 Å². The first-order chi connectivity index (χ1) is 8.15.